The van der Waals surface area contributed by atoms with Crippen LogP contribution in [-0.4, -0.2) is 29.8 Å². The first-order valence-electron chi connectivity index (χ1n) is 12.0. The van der Waals surface area contributed by atoms with E-state index in [0.717, 1.165) is 68.4 Å². The van der Waals surface area contributed by atoms with E-state index in [2.05, 4.69) is 6.07 Å². The first kappa shape index (κ1) is 22.8. The van der Waals surface area contributed by atoms with Gasteiger partial charge in [0.1, 0.15) is 0 Å². The van der Waals surface area contributed by atoms with Crippen LogP contribution in [0.15, 0.2) is 48.5 Å². The first-order valence-corrected chi connectivity index (χ1v) is 12.4. The van der Waals surface area contributed by atoms with Gasteiger partial charge in [0.25, 0.3) is 0 Å². The summed E-state index contributed by atoms with van der Waals surface area (Å²) in [7, 11) is 0. The molecule has 2 amide bonds. The summed E-state index contributed by atoms with van der Waals surface area (Å²) in [6.07, 6.45) is 8.96. The van der Waals surface area contributed by atoms with E-state index in [1.165, 1.54) is 12.8 Å². The van der Waals surface area contributed by atoms with E-state index in [9.17, 15) is 9.59 Å². The Kier molecular flexibility index (Phi) is 7.85. The molecule has 1 saturated carbocycles. The second-order valence-electron chi connectivity index (χ2n) is 9.10. The number of halogens is 1. The third-order valence-corrected chi connectivity index (χ3v) is 6.92. The van der Waals surface area contributed by atoms with Crippen LogP contribution >= 0.6 is 11.6 Å². The van der Waals surface area contributed by atoms with Crippen molar-refractivity contribution in [3.05, 3.63) is 64.7 Å². The molecule has 1 aliphatic heterocycles. The summed E-state index contributed by atoms with van der Waals surface area (Å²) in [6, 6.07) is 15.7. The molecule has 32 heavy (non-hydrogen) atoms. The number of anilines is 1. The second-order valence-corrected chi connectivity index (χ2v) is 9.50. The number of hydrogen-bond donors (Lipinski definition) is 0. The van der Waals surface area contributed by atoms with E-state index >= 15 is 0 Å². The topological polar surface area (TPSA) is 40.6 Å². The van der Waals surface area contributed by atoms with Crippen molar-refractivity contribution in [3.8, 4) is 0 Å². The van der Waals surface area contributed by atoms with Crippen molar-refractivity contribution in [2.45, 2.75) is 64.3 Å². The minimum absolute atomic E-state index is 0.0860. The molecule has 0 aromatic heterocycles. The Balaban J connectivity index is 1.60. The monoisotopic (exact) mass is 452 g/mol. The highest BCUT2D eigenvalue weighted by molar-refractivity contribution is 6.31. The zero-order chi connectivity index (χ0) is 22.3. The predicted molar refractivity (Wildman–Crippen MR) is 130 cm³/mol. The number of hydrogen-bond acceptors (Lipinski definition) is 2. The lowest BCUT2D eigenvalue weighted by molar-refractivity contribution is -0.131. The van der Waals surface area contributed by atoms with Crippen LogP contribution in [-0.2, 0) is 22.6 Å². The van der Waals surface area contributed by atoms with Gasteiger partial charge in [-0.2, -0.15) is 0 Å². The van der Waals surface area contributed by atoms with Gasteiger partial charge in [-0.1, -0.05) is 73.7 Å². The fourth-order valence-electron chi connectivity index (χ4n) is 4.50. The van der Waals surface area contributed by atoms with Gasteiger partial charge in [0.15, 0.2) is 0 Å². The molecule has 0 unspecified atom stereocenters. The van der Waals surface area contributed by atoms with Crippen LogP contribution in [0.4, 0.5) is 5.69 Å². The van der Waals surface area contributed by atoms with E-state index in [0.29, 0.717) is 18.0 Å². The molecule has 0 atom stereocenters. The van der Waals surface area contributed by atoms with Crippen molar-refractivity contribution in [1.29, 1.82) is 0 Å². The number of fused-ring (bicyclic) bond motifs is 1. The normalized spacial score (nSPS) is 18.2. The van der Waals surface area contributed by atoms with E-state index in [1.807, 2.05) is 52.3 Å². The molecule has 4 nitrogen and oxygen atoms in total. The minimum atomic E-state index is 0.0860. The number of benzene rings is 2. The smallest absolute Gasteiger partial charge is 0.230 e. The number of nitrogens with zero attached hydrogens (tertiary/aromatic N) is 2. The molecule has 0 N–H and O–H groups in total. The van der Waals surface area contributed by atoms with Crippen LogP contribution in [0.1, 0.15) is 62.5 Å². The Labute approximate surface area is 196 Å². The van der Waals surface area contributed by atoms with Crippen LogP contribution in [0.5, 0.6) is 0 Å². The van der Waals surface area contributed by atoms with Crippen LogP contribution in [0.3, 0.4) is 0 Å². The summed E-state index contributed by atoms with van der Waals surface area (Å²) in [5, 5.41) is 0.633. The van der Waals surface area contributed by atoms with Gasteiger partial charge in [-0.25, -0.2) is 0 Å². The molecule has 1 heterocycles. The largest absolute Gasteiger partial charge is 0.338 e. The van der Waals surface area contributed by atoms with Gasteiger partial charge in [0.2, 0.25) is 11.8 Å². The Morgan fingerprint density at radius 3 is 2.25 bits per heavy atom. The SMILES string of the molecule is O=C(Cc1ccccc1Cl)N1CCCCCCCCN(C(=O)C2CC2)c2ccccc2C1. The fourth-order valence-corrected chi connectivity index (χ4v) is 4.70. The second kappa shape index (κ2) is 11.0. The Morgan fingerprint density at radius 1 is 0.844 bits per heavy atom. The lowest BCUT2D eigenvalue weighted by Gasteiger charge is -2.29. The lowest BCUT2D eigenvalue weighted by atomic mass is 10.1. The average Bonchev–Trinajstić information content (AvgIpc) is 3.64. The molecular formula is C27H33ClN2O2. The summed E-state index contributed by atoms with van der Waals surface area (Å²) in [5.41, 5.74) is 2.88. The van der Waals surface area contributed by atoms with Crippen molar-refractivity contribution < 1.29 is 9.59 Å². The van der Waals surface area contributed by atoms with Gasteiger partial charge in [0, 0.05) is 36.3 Å². The highest BCUT2D eigenvalue weighted by Gasteiger charge is 2.34. The number of rotatable bonds is 3. The van der Waals surface area contributed by atoms with Gasteiger partial charge < -0.3 is 9.80 Å². The molecular weight excluding hydrogens is 420 g/mol. The maximum Gasteiger partial charge on any atom is 0.230 e. The summed E-state index contributed by atoms with van der Waals surface area (Å²) < 4.78 is 0. The summed E-state index contributed by atoms with van der Waals surface area (Å²) >= 11 is 6.33. The molecule has 0 spiro atoms. The molecule has 1 aliphatic carbocycles. The molecule has 4 rings (SSSR count). The quantitative estimate of drug-likeness (QED) is 0.572. The Hall–Kier alpha value is -2.33. The first-order chi connectivity index (χ1) is 15.6. The molecule has 5 heteroatoms. The number of para-hydroxylation sites is 1. The maximum atomic E-state index is 13.3. The van der Waals surface area contributed by atoms with Crippen LogP contribution in [0, 0.1) is 5.92 Å². The number of carbonyl (C=O) groups is 2. The zero-order valence-electron chi connectivity index (χ0n) is 18.8. The summed E-state index contributed by atoms with van der Waals surface area (Å²) in [6.45, 7) is 2.02. The molecule has 2 aromatic carbocycles. The highest BCUT2D eigenvalue weighted by atomic mass is 35.5. The standard InChI is InChI=1S/C27H33ClN2O2/c28-24-13-7-5-11-22(24)19-26(31)29-17-9-3-1-2-4-10-18-30(27(32)21-15-16-21)25-14-8-6-12-23(25)20-29/h5-8,11-14,21H,1-4,9-10,15-20H2. The van der Waals surface area contributed by atoms with Crippen molar-refractivity contribution in [2.24, 2.45) is 5.92 Å². The molecule has 170 valence electrons. The van der Waals surface area contributed by atoms with Crippen molar-refractivity contribution in [1.82, 2.24) is 4.90 Å². The average molecular weight is 453 g/mol. The molecule has 0 saturated heterocycles. The third-order valence-electron chi connectivity index (χ3n) is 6.55. The molecule has 0 radical (unpaired) electrons. The highest BCUT2D eigenvalue weighted by Crippen LogP contribution is 2.34. The molecule has 1 fully saturated rings. The van der Waals surface area contributed by atoms with Crippen molar-refractivity contribution in [2.75, 3.05) is 18.0 Å². The van der Waals surface area contributed by atoms with E-state index in [4.69, 9.17) is 11.6 Å². The lowest BCUT2D eigenvalue weighted by Crippen LogP contribution is -2.36. The summed E-state index contributed by atoms with van der Waals surface area (Å²) in [5.74, 6) is 0.515. The zero-order valence-corrected chi connectivity index (χ0v) is 19.5. The van der Waals surface area contributed by atoms with Gasteiger partial charge in [0.05, 0.1) is 6.42 Å². The van der Waals surface area contributed by atoms with Gasteiger partial charge in [-0.15, -0.1) is 0 Å². The molecule has 0 bridgehead atoms. The third kappa shape index (κ3) is 5.92. The van der Waals surface area contributed by atoms with E-state index < -0.39 is 0 Å². The molecule has 2 aliphatic rings. The summed E-state index contributed by atoms with van der Waals surface area (Å²) in [4.78, 5) is 30.4. The van der Waals surface area contributed by atoms with Crippen molar-refractivity contribution >= 4 is 29.1 Å². The number of amides is 2. The van der Waals surface area contributed by atoms with Gasteiger partial charge in [-0.3, -0.25) is 9.59 Å². The Bertz CT molecular complexity index is 941. The van der Waals surface area contributed by atoms with Gasteiger partial charge in [-0.05, 0) is 48.9 Å². The van der Waals surface area contributed by atoms with Crippen LogP contribution < -0.4 is 4.90 Å². The van der Waals surface area contributed by atoms with Crippen LogP contribution in [0.2, 0.25) is 5.02 Å². The van der Waals surface area contributed by atoms with Crippen LogP contribution in [0.25, 0.3) is 0 Å². The van der Waals surface area contributed by atoms with E-state index in [1.54, 1.807) is 0 Å². The van der Waals surface area contributed by atoms with Crippen molar-refractivity contribution in [3.63, 3.8) is 0 Å². The molecule has 2 aromatic rings. The number of carbonyl (C=O) groups excluding carboxylic acids is 2. The maximum absolute atomic E-state index is 13.3. The minimum Gasteiger partial charge on any atom is -0.338 e. The van der Waals surface area contributed by atoms with Gasteiger partial charge >= 0.3 is 0 Å². The predicted octanol–water partition coefficient (Wildman–Crippen LogP) is 6.01. The Morgan fingerprint density at radius 2 is 1.50 bits per heavy atom. The van der Waals surface area contributed by atoms with E-state index in [-0.39, 0.29) is 17.7 Å². The fraction of sp³-hybridized carbons (Fsp3) is 0.481.